The molecule has 0 aromatic heterocycles. The molecule has 2 amide bonds. The Morgan fingerprint density at radius 1 is 0.917 bits per heavy atom. The van der Waals surface area contributed by atoms with Gasteiger partial charge in [-0.1, -0.05) is 30.3 Å². The van der Waals surface area contributed by atoms with Gasteiger partial charge < -0.3 is 26.0 Å². The molecule has 3 aromatic carbocycles. The van der Waals surface area contributed by atoms with Gasteiger partial charge in [-0.05, 0) is 48.0 Å². The molecule has 36 heavy (non-hydrogen) atoms. The molecule has 4 N–H and O–H groups in total. The average molecular weight is 491 g/mol. The normalized spacial score (nSPS) is 14.2. The molecule has 0 spiro atoms. The van der Waals surface area contributed by atoms with Gasteiger partial charge in [0, 0.05) is 37.3 Å². The van der Waals surface area contributed by atoms with Crippen LogP contribution in [0.15, 0.2) is 72.8 Å². The van der Waals surface area contributed by atoms with Crippen molar-refractivity contribution < 1.29 is 23.9 Å². The summed E-state index contributed by atoms with van der Waals surface area (Å²) in [6.45, 7) is 2.28. The molecule has 4 rings (SSSR count). The van der Waals surface area contributed by atoms with Crippen molar-refractivity contribution in [1.82, 2.24) is 10.2 Å². The lowest BCUT2D eigenvalue weighted by Crippen LogP contribution is -2.49. The number of aliphatic carboxylic acids is 1. The van der Waals surface area contributed by atoms with Crippen LogP contribution in [0.25, 0.3) is 0 Å². The zero-order valence-corrected chi connectivity index (χ0v) is 19.6. The Morgan fingerprint density at radius 2 is 1.58 bits per heavy atom. The molecular weight excluding hydrogens is 463 g/mol. The maximum absolute atomic E-state index is 13.3. The van der Waals surface area contributed by atoms with Gasteiger partial charge in [-0.25, -0.2) is 4.39 Å². The number of hydrogen-bond donors (Lipinski definition) is 3. The minimum atomic E-state index is -1.09. The number of halogens is 1. The molecule has 0 bridgehead atoms. The number of nitrogens with one attached hydrogen (secondary N) is 1. The molecule has 9 heteroatoms. The third-order valence-electron chi connectivity index (χ3n) is 6.17. The molecule has 1 aliphatic heterocycles. The number of anilines is 2. The van der Waals surface area contributed by atoms with Gasteiger partial charge in [0.1, 0.15) is 5.82 Å². The van der Waals surface area contributed by atoms with Gasteiger partial charge in [0.25, 0.3) is 11.8 Å². The fourth-order valence-electron chi connectivity index (χ4n) is 4.26. The van der Waals surface area contributed by atoms with E-state index in [4.69, 9.17) is 5.73 Å². The van der Waals surface area contributed by atoms with Gasteiger partial charge in [-0.2, -0.15) is 0 Å². The van der Waals surface area contributed by atoms with Crippen molar-refractivity contribution in [2.75, 3.05) is 36.8 Å². The van der Waals surface area contributed by atoms with Crippen molar-refractivity contribution in [2.45, 2.75) is 12.5 Å². The second-order valence-electron chi connectivity index (χ2n) is 8.59. The number of hydrogen-bond acceptors (Lipinski definition) is 5. The predicted molar refractivity (Wildman–Crippen MR) is 134 cm³/mol. The molecule has 1 fully saturated rings. The molecule has 1 heterocycles. The molecule has 1 atom stereocenters. The molecule has 0 saturated carbocycles. The standard InChI is InChI=1S/C27H27FN4O4/c28-21-9-6-18(7-10-21)23(17-25(33)34)30-26(35)20-8-11-24(22(29)16-20)31-12-14-32(15-13-31)27(36)19-4-2-1-3-5-19/h1-11,16,23H,12-15,17,29H2,(H,30,35)(H,33,34). The van der Waals surface area contributed by atoms with Crippen LogP contribution in [0.2, 0.25) is 0 Å². The van der Waals surface area contributed by atoms with Crippen LogP contribution in [0.3, 0.4) is 0 Å². The zero-order chi connectivity index (χ0) is 25.7. The summed E-state index contributed by atoms with van der Waals surface area (Å²) >= 11 is 0. The van der Waals surface area contributed by atoms with Gasteiger partial charge in [0.15, 0.2) is 0 Å². The number of nitrogens with two attached hydrogens (primary N) is 1. The highest BCUT2D eigenvalue weighted by Crippen LogP contribution is 2.27. The maximum Gasteiger partial charge on any atom is 0.305 e. The molecular formula is C27H27FN4O4. The van der Waals surface area contributed by atoms with E-state index >= 15 is 0 Å². The molecule has 0 radical (unpaired) electrons. The van der Waals surface area contributed by atoms with E-state index < -0.39 is 23.7 Å². The van der Waals surface area contributed by atoms with Crippen LogP contribution in [0.4, 0.5) is 15.8 Å². The molecule has 0 aliphatic carbocycles. The lowest BCUT2D eigenvalue weighted by Gasteiger charge is -2.36. The van der Waals surface area contributed by atoms with Crippen LogP contribution in [0, 0.1) is 5.82 Å². The summed E-state index contributed by atoms with van der Waals surface area (Å²) in [5.74, 6) is -2.04. The van der Waals surface area contributed by atoms with Gasteiger partial charge in [0.2, 0.25) is 0 Å². The zero-order valence-electron chi connectivity index (χ0n) is 19.6. The number of nitrogens with zero attached hydrogens (tertiary/aromatic N) is 2. The monoisotopic (exact) mass is 490 g/mol. The van der Waals surface area contributed by atoms with Crippen molar-refractivity contribution in [3.63, 3.8) is 0 Å². The number of carboxylic acid groups (broad SMARTS) is 1. The number of amides is 2. The van der Waals surface area contributed by atoms with Gasteiger partial charge >= 0.3 is 5.97 Å². The Bertz CT molecular complexity index is 1240. The summed E-state index contributed by atoms with van der Waals surface area (Å²) in [7, 11) is 0. The summed E-state index contributed by atoms with van der Waals surface area (Å²) in [6, 6.07) is 18.6. The van der Waals surface area contributed by atoms with Crippen molar-refractivity contribution in [1.29, 1.82) is 0 Å². The van der Waals surface area contributed by atoms with E-state index in [0.29, 0.717) is 43.0 Å². The Kier molecular flexibility index (Phi) is 7.48. The second-order valence-corrected chi connectivity index (χ2v) is 8.59. The van der Waals surface area contributed by atoms with Crippen LogP contribution in [-0.4, -0.2) is 54.0 Å². The first-order chi connectivity index (χ1) is 17.3. The van der Waals surface area contributed by atoms with Gasteiger partial charge in [-0.15, -0.1) is 0 Å². The first-order valence-electron chi connectivity index (χ1n) is 11.6. The average Bonchev–Trinajstić information content (AvgIpc) is 2.88. The Labute approximate surface area is 208 Å². The molecule has 8 nitrogen and oxygen atoms in total. The van der Waals surface area contributed by atoms with Crippen LogP contribution in [0.5, 0.6) is 0 Å². The van der Waals surface area contributed by atoms with Crippen LogP contribution >= 0.6 is 0 Å². The summed E-state index contributed by atoms with van der Waals surface area (Å²) in [6.07, 6.45) is -0.350. The molecule has 1 unspecified atom stereocenters. The van der Waals surface area contributed by atoms with E-state index in [2.05, 4.69) is 10.2 Å². The second kappa shape index (κ2) is 10.9. The highest BCUT2D eigenvalue weighted by atomic mass is 19.1. The summed E-state index contributed by atoms with van der Waals surface area (Å²) in [5.41, 5.74) is 8.87. The van der Waals surface area contributed by atoms with Crippen molar-refractivity contribution >= 4 is 29.2 Å². The third-order valence-corrected chi connectivity index (χ3v) is 6.17. The fraction of sp³-hybridized carbons (Fsp3) is 0.222. The molecule has 186 valence electrons. The topological polar surface area (TPSA) is 116 Å². The number of benzene rings is 3. The van der Waals surface area contributed by atoms with E-state index in [1.165, 1.54) is 24.3 Å². The van der Waals surface area contributed by atoms with E-state index in [1.54, 1.807) is 30.3 Å². The number of rotatable bonds is 7. The smallest absolute Gasteiger partial charge is 0.305 e. The minimum absolute atomic E-state index is 0.00712. The van der Waals surface area contributed by atoms with Crippen molar-refractivity contribution in [3.05, 3.63) is 95.3 Å². The number of carboxylic acids is 1. The summed E-state index contributed by atoms with van der Waals surface area (Å²) in [5, 5.41) is 12.0. The predicted octanol–water partition coefficient (Wildman–Crippen LogP) is 3.32. The van der Waals surface area contributed by atoms with E-state index in [1.807, 2.05) is 23.1 Å². The molecule has 1 saturated heterocycles. The fourth-order valence-corrected chi connectivity index (χ4v) is 4.26. The quantitative estimate of drug-likeness (QED) is 0.438. The first kappa shape index (κ1) is 24.7. The summed E-state index contributed by atoms with van der Waals surface area (Å²) in [4.78, 5) is 40.8. The Balaban J connectivity index is 1.41. The minimum Gasteiger partial charge on any atom is -0.481 e. The SMILES string of the molecule is Nc1cc(C(=O)NC(CC(=O)O)c2ccc(F)cc2)ccc1N1CCN(C(=O)c2ccccc2)CC1. The summed E-state index contributed by atoms with van der Waals surface area (Å²) < 4.78 is 13.3. The largest absolute Gasteiger partial charge is 0.481 e. The van der Waals surface area contributed by atoms with Crippen LogP contribution in [0.1, 0.15) is 38.7 Å². The van der Waals surface area contributed by atoms with Gasteiger partial charge in [-0.3, -0.25) is 14.4 Å². The molecule has 3 aromatic rings. The number of nitrogen functional groups attached to an aromatic ring is 1. The lowest BCUT2D eigenvalue weighted by atomic mass is 10.0. The third kappa shape index (κ3) is 5.80. The van der Waals surface area contributed by atoms with Crippen molar-refractivity contribution in [2.24, 2.45) is 0 Å². The van der Waals surface area contributed by atoms with Crippen molar-refractivity contribution in [3.8, 4) is 0 Å². The van der Waals surface area contributed by atoms with E-state index in [0.717, 1.165) is 5.69 Å². The Hall–Kier alpha value is -4.40. The number of carbonyl (C=O) groups is 3. The number of piperazine rings is 1. The van der Waals surface area contributed by atoms with Gasteiger partial charge in [0.05, 0.1) is 23.8 Å². The first-order valence-corrected chi connectivity index (χ1v) is 11.6. The Morgan fingerprint density at radius 3 is 2.19 bits per heavy atom. The van der Waals surface area contributed by atoms with Crippen LogP contribution < -0.4 is 16.0 Å². The maximum atomic E-state index is 13.3. The van der Waals surface area contributed by atoms with E-state index in [-0.39, 0.29) is 17.9 Å². The highest BCUT2D eigenvalue weighted by molar-refractivity contribution is 5.97. The molecule has 1 aliphatic rings. The van der Waals surface area contributed by atoms with E-state index in [9.17, 15) is 23.9 Å². The number of carbonyl (C=O) groups excluding carboxylic acids is 2. The van der Waals surface area contributed by atoms with Crippen LogP contribution in [-0.2, 0) is 4.79 Å². The lowest BCUT2D eigenvalue weighted by molar-refractivity contribution is -0.137. The highest BCUT2D eigenvalue weighted by Gasteiger charge is 2.24.